The van der Waals surface area contributed by atoms with Crippen LogP contribution < -0.4 is 17.2 Å². The molecule has 0 spiro atoms. The van der Waals surface area contributed by atoms with E-state index < -0.39 is 41.7 Å². The van der Waals surface area contributed by atoms with Crippen molar-refractivity contribution >= 4 is 23.7 Å². The number of carbonyl (C=O) groups excluding carboxylic acids is 3. The third-order valence-corrected chi connectivity index (χ3v) is 5.66. The third-order valence-electron chi connectivity index (χ3n) is 5.66. The van der Waals surface area contributed by atoms with E-state index in [0.29, 0.717) is 36.9 Å². The van der Waals surface area contributed by atoms with Crippen LogP contribution in [0.2, 0.25) is 0 Å². The fourth-order valence-electron chi connectivity index (χ4n) is 4.05. The van der Waals surface area contributed by atoms with Gasteiger partial charge in [0, 0.05) is 13.0 Å². The van der Waals surface area contributed by atoms with Gasteiger partial charge in [-0.15, -0.1) is 0 Å². The van der Waals surface area contributed by atoms with Crippen molar-refractivity contribution in [1.82, 2.24) is 9.80 Å². The highest BCUT2D eigenvalue weighted by atomic mass is 19.1. The first-order valence-corrected chi connectivity index (χ1v) is 10.7. The van der Waals surface area contributed by atoms with Crippen molar-refractivity contribution in [3.8, 4) is 0 Å². The lowest BCUT2D eigenvalue weighted by Crippen LogP contribution is -2.61. The number of rotatable bonds is 8. The number of nitrogens with one attached hydrogen (secondary N) is 1. The van der Waals surface area contributed by atoms with Gasteiger partial charge >= 0.3 is 0 Å². The van der Waals surface area contributed by atoms with Gasteiger partial charge in [0.2, 0.25) is 11.8 Å². The van der Waals surface area contributed by atoms with Crippen LogP contribution in [0.25, 0.3) is 0 Å². The van der Waals surface area contributed by atoms with Gasteiger partial charge in [-0.3, -0.25) is 24.7 Å². The molecule has 0 unspecified atom stereocenters. The first kappa shape index (κ1) is 25.3. The van der Waals surface area contributed by atoms with E-state index in [1.807, 2.05) is 13.8 Å². The molecule has 7 N–H and O–H groups in total. The molecule has 3 atom stereocenters. The van der Waals surface area contributed by atoms with Crippen LogP contribution in [0.5, 0.6) is 0 Å². The minimum atomic E-state index is -1.31. The van der Waals surface area contributed by atoms with Gasteiger partial charge in [-0.2, -0.15) is 0 Å². The number of nitrogens with zero attached hydrogens (tertiary/aromatic N) is 2. The zero-order valence-corrected chi connectivity index (χ0v) is 18.8. The summed E-state index contributed by atoms with van der Waals surface area (Å²) in [4.78, 5) is 41.6. The number of primary amides is 1. The number of amides is 3. The second kappa shape index (κ2) is 10.5. The van der Waals surface area contributed by atoms with Crippen molar-refractivity contribution in [3.05, 3.63) is 35.1 Å². The van der Waals surface area contributed by atoms with E-state index in [9.17, 15) is 18.8 Å². The summed E-state index contributed by atoms with van der Waals surface area (Å²) in [5.41, 5.74) is 18.3. The average Bonchev–Trinajstić information content (AvgIpc) is 3.19. The number of carbonyl (C=O) groups is 3. The van der Waals surface area contributed by atoms with Gasteiger partial charge < -0.3 is 22.1 Å². The van der Waals surface area contributed by atoms with Gasteiger partial charge in [-0.05, 0) is 49.3 Å². The number of likely N-dealkylation sites (tertiary alicyclic amines) is 1. The highest BCUT2D eigenvalue weighted by molar-refractivity contribution is 6.04. The fourth-order valence-corrected chi connectivity index (χ4v) is 4.05. The van der Waals surface area contributed by atoms with Gasteiger partial charge in [0.15, 0.2) is 5.96 Å². The molecule has 10 heteroatoms. The molecule has 1 aliphatic rings. The predicted molar refractivity (Wildman–Crippen MR) is 119 cm³/mol. The summed E-state index contributed by atoms with van der Waals surface area (Å²) in [6.45, 7) is 5.75. The van der Waals surface area contributed by atoms with Crippen LogP contribution in [0.3, 0.4) is 0 Å². The van der Waals surface area contributed by atoms with Crippen LogP contribution >= 0.6 is 0 Å². The zero-order valence-electron chi connectivity index (χ0n) is 18.8. The molecule has 1 aliphatic heterocycles. The van der Waals surface area contributed by atoms with Crippen LogP contribution in [0.15, 0.2) is 18.2 Å². The number of benzene rings is 1. The van der Waals surface area contributed by atoms with Crippen LogP contribution in [-0.2, 0) is 20.8 Å². The number of hydrogen-bond acceptors (Lipinski definition) is 5. The minimum absolute atomic E-state index is 0.0743. The largest absolute Gasteiger partial charge is 0.370 e. The lowest BCUT2D eigenvalue weighted by Gasteiger charge is -2.35. The van der Waals surface area contributed by atoms with Crippen molar-refractivity contribution in [3.63, 3.8) is 0 Å². The summed E-state index contributed by atoms with van der Waals surface area (Å²) >= 11 is 0. The molecular formula is C22H33FN6O3. The molecule has 0 saturated carbocycles. The Hall–Kier alpha value is -3.01. The predicted octanol–water partition coefficient (Wildman–Crippen LogP) is 0.617. The molecule has 1 aromatic rings. The molecule has 0 bridgehead atoms. The molecule has 0 aliphatic carbocycles. The SMILES string of the molecule is Cc1cc(C[C@@H](C(N)=O)N(C(=O)[C@@H](N)CC(C)C)C(=O)[C@@H]2CCCN2C(=N)N)ccc1F. The first-order chi connectivity index (χ1) is 14.9. The zero-order chi connectivity index (χ0) is 24.2. The summed E-state index contributed by atoms with van der Waals surface area (Å²) in [5.74, 6) is -2.86. The molecule has 176 valence electrons. The van der Waals surface area contributed by atoms with Gasteiger partial charge in [-0.1, -0.05) is 26.0 Å². The Labute approximate surface area is 187 Å². The number of halogens is 1. The van der Waals surface area contributed by atoms with Crippen molar-refractivity contribution in [2.45, 2.75) is 64.6 Å². The van der Waals surface area contributed by atoms with Gasteiger partial charge in [0.05, 0.1) is 6.04 Å². The van der Waals surface area contributed by atoms with Crippen molar-refractivity contribution in [1.29, 1.82) is 5.41 Å². The molecule has 1 heterocycles. The summed E-state index contributed by atoms with van der Waals surface area (Å²) in [5, 5.41) is 7.75. The van der Waals surface area contributed by atoms with Crippen molar-refractivity contribution in [2.24, 2.45) is 23.1 Å². The minimum Gasteiger partial charge on any atom is -0.370 e. The Balaban J connectivity index is 2.46. The van der Waals surface area contributed by atoms with Crippen LogP contribution in [-0.4, -0.2) is 58.2 Å². The van der Waals surface area contributed by atoms with Gasteiger partial charge in [0.1, 0.15) is 17.9 Å². The van der Waals surface area contributed by atoms with E-state index in [0.717, 1.165) is 4.90 Å². The van der Waals surface area contributed by atoms with Crippen LogP contribution in [0, 0.1) is 24.1 Å². The summed E-state index contributed by atoms with van der Waals surface area (Å²) in [7, 11) is 0. The maximum atomic E-state index is 13.7. The highest BCUT2D eigenvalue weighted by Crippen LogP contribution is 2.23. The molecule has 32 heavy (non-hydrogen) atoms. The van der Waals surface area contributed by atoms with Crippen LogP contribution in [0.1, 0.15) is 44.2 Å². The highest BCUT2D eigenvalue weighted by Gasteiger charge is 2.43. The molecule has 3 amide bonds. The molecule has 1 fully saturated rings. The molecule has 0 aromatic heterocycles. The van der Waals surface area contributed by atoms with E-state index in [2.05, 4.69) is 0 Å². The molecule has 1 saturated heterocycles. The van der Waals surface area contributed by atoms with E-state index >= 15 is 0 Å². The molecule has 1 aromatic carbocycles. The number of guanidine groups is 1. The van der Waals surface area contributed by atoms with E-state index in [1.165, 1.54) is 17.0 Å². The summed E-state index contributed by atoms with van der Waals surface area (Å²) < 4.78 is 13.7. The summed E-state index contributed by atoms with van der Waals surface area (Å²) in [6.07, 6.45) is 1.22. The normalized spacial score (nSPS) is 17.8. The van der Waals surface area contributed by atoms with Crippen LogP contribution in [0.4, 0.5) is 4.39 Å². The van der Waals surface area contributed by atoms with Crippen molar-refractivity contribution < 1.29 is 18.8 Å². The second-order valence-corrected chi connectivity index (χ2v) is 8.73. The molecule has 9 nitrogen and oxygen atoms in total. The lowest BCUT2D eigenvalue weighted by molar-refractivity contribution is -0.154. The van der Waals surface area contributed by atoms with E-state index in [4.69, 9.17) is 22.6 Å². The standard InChI is InChI=1S/C22H33FN6O3/c1-12(2)9-16(24)20(31)29(21(32)17-5-4-8-28(17)22(26)27)18(19(25)30)11-14-6-7-15(23)13(3)10-14/h6-7,10,12,16-18H,4-5,8-9,11,24H2,1-3H3,(H2,25,30)(H3,26,27)/t16-,17-,18-/m0/s1. The maximum Gasteiger partial charge on any atom is 0.252 e. The topological polar surface area (TPSA) is 160 Å². The maximum absolute atomic E-state index is 13.7. The van der Waals surface area contributed by atoms with Gasteiger partial charge in [-0.25, -0.2) is 4.39 Å². The molecular weight excluding hydrogens is 415 g/mol. The number of imide groups is 1. The third kappa shape index (κ3) is 5.82. The Morgan fingerprint density at radius 2 is 1.94 bits per heavy atom. The Kier molecular flexibility index (Phi) is 8.31. The molecule has 0 radical (unpaired) electrons. The second-order valence-electron chi connectivity index (χ2n) is 8.73. The number of hydrogen-bond donors (Lipinski definition) is 4. The quantitative estimate of drug-likeness (QED) is 0.337. The van der Waals surface area contributed by atoms with Crippen molar-refractivity contribution in [2.75, 3.05) is 6.54 Å². The monoisotopic (exact) mass is 448 g/mol. The average molecular weight is 449 g/mol. The lowest BCUT2D eigenvalue weighted by atomic mass is 9.98. The van der Waals surface area contributed by atoms with Gasteiger partial charge in [0.25, 0.3) is 5.91 Å². The fraction of sp³-hybridized carbons (Fsp3) is 0.545. The summed E-state index contributed by atoms with van der Waals surface area (Å²) in [6, 6.07) is 1.10. The van der Waals surface area contributed by atoms with E-state index in [-0.39, 0.29) is 18.3 Å². The number of aryl methyl sites for hydroxylation is 1. The Morgan fingerprint density at radius 1 is 1.28 bits per heavy atom. The Bertz CT molecular complexity index is 890. The Morgan fingerprint density at radius 3 is 2.47 bits per heavy atom. The first-order valence-electron chi connectivity index (χ1n) is 10.7. The molecule has 2 rings (SSSR count). The number of nitrogens with two attached hydrogens (primary N) is 3. The van der Waals surface area contributed by atoms with E-state index in [1.54, 1.807) is 13.0 Å². The smallest absolute Gasteiger partial charge is 0.252 e.